The summed E-state index contributed by atoms with van der Waals surface area (Å²) >= 11 is 0. The third-order valence-corrected chi connectivity index (χ3v) is 2.01. The molecule has 0 aromatic heterocycles. The molecule has 0 spiro atoms. The van der Waals surface area contributed by atoms with E-state index in [-0.39, 0.29) is 12.1 Å². The fourth-order valence-electron chi connectivity index (χ4n) is 1.30. The molecule has 0 bridgehead atoms. The Morgan fingerprint density at radius 3 is 2.65 bits per heavy atom. The highest BCUT2D eigenvalue weighted by Crippen LogP contribution is 2.28. The topological polar surface area (TPSA) is 96.3 Å². The zero-order chi connectivity index (χ0) is 13.0. The van der Waals surface area contributed by atoms with E-state index in [4.69, 9.17) is 16.1 Å². The van der Waals surface area contributed by atoms with Crippen LogP contribution in [-0.2, 0) is 6.54 Å². The lowest BCUT2D eigenvalue weighted by molar-refractivity contribution is -0.0507. The molecule has 90 valence electrons. The van der Waals surface area contributed by atoms with Gasteiger partial charge < -0.3 is 15.6 Å². The molecule has 7 heteroatoms. The standard InChI is InChI=1S/C10H8F2N2O3/c11-10(12)17-8-5(3-13)1-2-6(9(15)16)7(8)4-14/h1-2,10H,3,13H2,(H,15,16). The number of halogens is 2. The van der Waals surface area contributed by atoms with Crippen LogP contribution in [0.5, 0.6) is 5.75 Å². The van der Waals surface area contributed by atoms with Crippen LogP contribution >= 0.6 is 0 Å². The van der Waals surface area contributed by atoms with Crippen molar-refractivity contribution < 1.29 is 23.4 Å². The molecule has 1 aromatic carbocycles. The molecule has 17 heavy (non-hydrogen) atoms. The Balaban J connectivity index is 3.44. The van der Waals surface area contributed by atoms with Crippen LogP contribution in [0.2, 0.25) is 0 Å². The van der Waals surface area contributed by atoms with Gasteiger partial charge in [0.1, 0.15) is 17.4 Å². The number of aromatic carboxylic acids is 1. The summed E-state index contributed by atoms with van der Waals surface area (Å²) < 4.78 is 28.5. The summed E-state index contributed by atoms with van der Waals surface area (Å²) in [6.45, 7) is -3.30. The Morgan fingerprint density at radius 1 is 1.59 bits per heavy atom. The van der Waals surface area contributed by atoms with Crippen molar-refractivity contribution in [3.8, 4) is 11.8 Å². The summed E-state index contributed by atoms with van der Waals surface area (Å²) in [6, 6.07) is 3.90. The summed E-state index contributed by atoms with van der Waals surface area (Å²) in [5, 5.41) is 17.6. The molecule has 0 aliphatic carbocycles. The average Bonchev–Trinajstić information content (AvgIpc) is 2.27. The van der Waals surface area contributed by atoms with Gasteiger partial charge in [0.25, 0.3) is 0 Å². The van der Waals surface area contributed by atoms with Crippen molar-refractivity contribution in [3.63, 3.8) is 0 Å². The second kappa shape index (κ2) is 5.23. The minimum absolute atomic E-state index is 0.142. The molecule has 0 aliphatic heterocycles. The summed E-state index contributed by atoms with van der Waals surface area (Å²) in [5.41, 5.74) is 4.58. The van der Waals surface area contributed by atoms with Crippen LogP contribution in [0, 0.1) is 11.3 Å². The lowest BCUT2D eigenvalue weighted by atomic mass is 10.0. The summed E-state index contributed by atoms with van der Waals surface area (Å²) in [5.74, 6) is -1.88. The minimum Gasteiger partial charge on any atom is -0.478 e. The first-order valence-corrected chi connectivity index (χ1v) is 4.45. The number of carboxylic acid groups (broad SMARTS) is 1. The highest BCUT2D eigenvalue weighted by Gasteiger charge is 2.20. The van der Waals surface area contributed by atoms with Crippen LogP contribution in [0.1, 0.15) is 21.5 Å². The van der Waals surface area contributed by atoms with Crippen molar-refractivity contribution in [2.45, 2.75) is 13.2 Å². The minimum atomic E-state index is -3.16. The number of nitrogens with two attached hydrogens (primary N) is 1. The molecule has 5 nitrogen and oxygen atoms in total. The van der Waals surface area contributed by atoms with E-state index in [9.17, 15) is 13.6 Å². The molecule has 0 amide bonds. The molecule has 1 rings (SSSR count). The molecule has 3 N–H and O–H groups in total. The Morgan fingerprint density at radius 2 is 2.24 bits per heavy atom. The summed E-state index contributed by atoms with van der Waals surface area (Å²) in [4.78, 5) is 10.8. The van der Waals surface area contributed by atoms with Crippen LogP contribution in [0.3, 0.4) is 0 Å². The highest BCUT2D eigenvalue weighted by atomic mass is 19.3. The number of carboxylic acids is 1. The summed E-state index contributed by atoms with van der Waals surface area (Å²) in [6.07, 6.45) is 0. The Labute approximate surface area is 95.0 Å². The van der Waals surface area contributed by atoms with Crippen LogP contribution in [0.25, 0.3) is 0 Å². The molecule has 0 aliphatic rings. The van der Waals surface area contributed by atoms with Gasteiger partial charge in [0, 0.05) is 12.1 Å². The Kier molecular flexibility index (Phi) is 3.96. The smallest absolute Gasteiger partial charge is 0.387 e. The van der Waals surface area contributed by atoms with E-state index in [0.29, 0.717) is 0 Å². The predicted octanol–water partition coefficient (Wildman–Crippen LogP) is 1.32. The van der Waals surface area contributed by atoms with Crippen molar-refractivity contribution in [2.75, 3.05) is 0 Å². The van der Waals surface area contributed by atoms with Gasteiger partial charge in [0.15, 0.2) is 0 Å². The maximum atomic E-state index is 12.2. The molecule has 0 atom stereocenters. The van der Waals surface area contributed by atoms with Crippen molar-refractivity contribution in [1.29, 1.82) is 5.26 Å². The lowest BCUT2D eigenvalue weighted by Crippen LogP contribution is -2.11. The molecule has 0 radical (unpaired) electrons. The molecule has 0 fully saturated rings. The lowest BCUT2D eigenvalue weighted by Gasteiger charge is -2.12. The fourth-order valence-corrected chi connectivity index (χ4v) is 1.30. The first-order valence-electron chi connectivity index (χ1n) is 4.45. The van der Waals surface area contributed by atoms with Crippen LogP contribution in [-0.4, -0.2) is 17.7 Å². The van der Waals surface area contributed by atoms with Gasteiger partial charge in [-0.1, -0.05) is 6.07 Å². The number of benzene rings is 1. The van der Waals surface area contributed by atoms with E-state index in [2.05, 4.69) is 4.74 Å². The first kappa shape index (κ1) is 12.9. The number of carbonyl (C=O) groups is 1. The molecule has 0 saturated carbocycles. The van der Waals surface area contributed by atoms with Crippen LogP contribution in [0.4, 0.5) is 8.78 Å². The normalized spacial score (nSPS) is 10.1. The van der Waals surface area contributed by atoms with E-state index in [1.54, 1.807) is 0 Å². The summed E-state index contributed by atoms with van der Waals surface area (Å²) in [7, 11) is 0. The largest absolute Gasteiger partial charge is 0.478 e. The SMILES string of the molecule is N#Cc1c(C(=O)O)ccc(CN)c1OC(F)F. The number of nitriles is 1. The van der Waals surface area contributed by atoms with Crippen molar-refractivity contribution >= 4 is 5.97 Å². The van der Waals surface area contributed by atoms with Crippen LogP contribution < -0.4 is 10.5 Å². The van der Waals surface area contributed by atoms with E-state index >= 15 is 0 Å². The highest BCUT2D eigenvalue weighted by molar-refractivity contribution is 5.91. The van der Waals surface area contributed by atoms with Crippen LogP contribution in [0.15, 0.2) is 12.1 Å². The van der Waals surface area contributed by atoms with Gasteiger partial charge in [-0.3, -0.25) is 0 Å². The van der Waals surface area contributed by atoms with Gasteiger partial charge in [0.2, 0.25) is 0 Å². The number of hydrogen-bond donors (Lipinski definition) is 2. The number of alkyl halides is 2. The molecular weight excluding hydrogens is 234 g/mol. The Bertz CT molecular complexity index is 483. The zero-order valence-electron chi connectivity index (χ0n) is 8.48. The van der Waals surface area contributed by atoms with Gasteiger partial charge in [-0.2, -0.15) is 14.0 Å². The van der Waals surface area contributed by atoms with Gasteiger partial charge in [0.05, 0.1) is 5.56 Å². The number of hydrogen-bond acceptors (Lipinski definition) is 4. The quantitative estimate of drug-likeness (QED) is 0.829. The molecule has 0 heterocycles. The van der Waals surface area contributed by atoms with Gasteiger partial charge in [-0.15, -0.1) is 0 Å². The third kappa shape index (κ3) is 2.68. The van der Waals surface area contributed by atoms with E-state index in [1.807, 2.05) is 0 Å². The second-order valence-corrected chi connectivity index (χ2v) is 2.98. The van der Waals surface area contributed by atoms with Crippen molar-refractivity contribution in [1.82, 2.24) is 0 Å². The van der Waals surface area contributed by atoms with Gasteiger partial charge in [-0.25, -0.2) is 4.79 Å². The molecular formula is C10H8F2N2O3. The van der Waals surface area contributed by atoms with E-state index in [1.165, 1.54) is 12.1 Å². The van der Waals surface area contributed by atoms with Crippen molar-refractivity contribution in [2.24, 2.45) is 5.73 Å². The van der Waals surface area contributed by atoms with E-state index < -0.39 is 29.5 Å². The van der Waals surface area contributed by atoms with E-state index in [0.717, 1.165) is 6.07 Å². The Hall–Kier alpha value is -2.20. The maximum absolute atomic E-state index is 12.2. The maximum Gasteiger partial charge on any atom is 0.387 e. The predicted molar refractivity (Wildman–Crippen MR) is 52.6 cm³/mol. The average molecular weight is 242 g/mol. The van der Waals surface area contributed by atoms with Gasteiger partial charge >= 0.3 is 12.6 Å². The van der Waals surface area contributed by atoms with Gasteiger partial charge in [-0.05, 0) is 6.07 Å². The zero-order valence-corrected chi connectivity index (χ0v) is 8.48. The fraction of sp³-hybridized carbons (Fsp3) is 0.200. The second-order valence-electron chi connectivity index (χ2n) is 2.98. The first-order chi connectivity index (χ1) is 8.01. The third-order valence-electron chi connectivity index (χ3n) is 2.01. The number of nitrogens with zero attached hydrogens (tertiary/aromatic N) is 1. The molecule has 0 unspecified atom stereocenters. The molecule has 1 aromatic rings. The number of rotatable bonds is 4. The number of ether oxygens (including phenoxy) is 1. The molecule has 0 saturated heterocycles. The van der Waals surface area contributed by atoms with Crippen molar-refractivity contribution in [3.05, 3.63) is 28.8 Å². The monoisotopic (exact) mass is 242 g/mol.